The van der Waals surface area contributed by atoms with Crippen molar-refractivity contribution in [1.29, 1.82) is 0 Å². The Morgan fingerprint density at radius 3 is 2.52 bits per heavy atom. The summed E-state index contributed by atoms with van der Waals surface area (Å²) in [6.07, 6.45) is 5.02. The van der Waals surface area contributed by atoms with E-state index < -0.39 is 11.8 Å². The second kappa shape index (κ2) is 6.70. The van der Waals surface area contributed by atoms with Gasteiger partial charge in [-0.2, -0.15) is 0 Å². The van der Waals surface area contributed by atoms with E-state index in [9.17, 15) is 9.59 Å². The highest BCUT2D eigenvalue weighted by atomic mass is 35.5. The van der Waals surface area contributed by atoms with E-state index >= 15 is 0 Å². The van der Waals surface area contributed by atoms with Crippen molar-refractivity contribution in [2.45, 2.75) is 38.6 Å². The highest BCUT2D eigenvalue weighted by Crippen LogP contribution is 2.49. The molecule has 2 bridgehead atoms. The second-order valence-corrected chi connectivity index (χ2v) is 7.50. The molecule has 2 amide bonds. The molecule has 4 nitrogen and oxygen atoms in total. The lowest BCUT2D eigenvalue weighted by Crippen LogP contribution is -2.45. The van der Waals surface area contributed by atoms with Crippen molar-refractivity contribution < 1.29 is 9.59 Å². The summed E-state index contributed by atoms with van der Waals surface area (Å²) < 4.78 is 0. The van der Waals surface area contributed by atoms with E-state index in [0.717, 1.165) is 5.92 Å². The first-order chi connectivity index (χ1) is 10.9. The Morgan fingerprint density at radius 2 is 1.91 bits per heavy atom. The third kappa shape index (κ3) is 3.64. The van der Waals surface area contributed by atoms with Crippen LogP contribution in [0, 0.1) is 17.8 Å². The van der Waals surface area contributed by atoms with Crippen molar-refractivity contribution >= 4 is 40.7 Å². The van der Waals surface area contributed by atoms with Crippen LogP contribution >= 0.6 is 23.2 Å². The standard InChI is InChI=1S/C17H20Cl2N2O2/c1-9(13-7-10-2-3-11(13)6-10)20-16(22)17(23)21-12-4-5-14(18)15(19)8-12/h4-5,8-11,13H,2-3,6-7H2,1H3,(H,20,22)(H,21,23). The van der Waals surface area contributed by atoms with Crippen LogP contribution in [0.2, 0.25) is 10.0 Å². The van der Waals surface area contributed by atoms with Crippen LogP contribution in [0.5, 0.6) is 0 Å². The quantitative estimate of drug-likeness (QED) is 0.809. The molecule has 0 aliphatic heterocycles. The number of amides is 2. The summed E-state index contributed by atoms with van der Waals surface area (Å²) in [5, 5.41) is 6.12. The maximum absolute atomic E-state index is 12.1. The number of benzene rings is 1. The zero-order valence-electron chi connectivity index (χ0n) is 12.9. The number of halogens is 2. The minimum atomic E-state index is -0.682. The molecule has 0 heterocycles. The van der Waals surface area contributed by atoms with E-state index in [1.165, 1.54) is 31.7 Å². The average Bonchev–Trinajstić information content (AvgIpc) is 3.13. The minimum Gasteiger partial charge on any atom is -0.345 e. The molecule has 0 saturated heterocycles. The van der Waals surface area contributed by atoms with Gasteiger partial charge in [0, 0.05) is 11.7 Å². The summed E-state index contributed by atoms with van der Waals surface area (Å²) >= 11 is 11.7. The van der Waals surface area contributed by atoms with Crippen LogP contribution < -0.4 is 10.6 Å². The van der Waals surface area contributed by atoms with Gasteiger partial charge in [-0.05, 0) is 62.1 Å². The Labute approximate surface area is 145 Å². The summed E-state index contributed by atoms with van der Waals surface area (Å²) in [5.41, 5.74) is 0.451. The van der Waals surface area contributed by atoms with Crippen LogP contribution in [0.25, 0.3) is 0 Å². The van der Waals surface area contributed by atoms with Crippen LogP contribution in [0.15, 0.2) is 18.2 Å². The molecule has 0 radical (unpaired) electrons. The highest BCUT2D eigenvalue weighted by Gasteiger charge is 2.42. The Balaban J connectivity index is 1.55. The molecule has 1 aromatic rings. The van der Waals surface area contributed by atoms with E-state index in [-0.39, 0.29) is 6.04 Å². The SMILES string of the molecule is CC(NC(=O)C(=O)Nc1ccc(Cl)c(Cl)c1)C1CC2CCC1C2. The van der Waals surface area contributed by atoms with E-state index in [0.29, 0.717) is 27.6 Å². The Kier molecular flexibility index (Phi) is 4.83. The van der Waals surface area contributed by atoms with Crippen LogP contribution in [0.3, 0.4) is 0 Å². The van der Waals surface area contributed by atoms with Crippen molar-refractivity contribution in [3.05, 3.63) is 28.2 Å². The van der Waals surface area contributed by atoms with Crippen LogP contribution in [-0.4, -0.2) is 17.9 Å². The monoisotopic (exact) mass is 354 g/mol. The van der Waals surface area contributed by atoms with E-state index in [1.54, 1.807) is 12.1 Å². The molecule has 2 N–H and O–H groups in total. The van der Waals surface area contributed by atoms with Gasteiger partial charge >= 0.3 is 11.8 Å². The highest BCUT2D eigenvalue weighted by molar-refractivity contribution is 6.43. The zero-order chi connectivity index (χ0) is 16.6. The van der Waals surface area contributed by atoms with E-state index in [4.69, 9.17) is 23.2 Å². The summed E-state index contributed by atoms with van der Waals surface area (Å²) in [5.74, 6) is 0.725. The minimum absolute atomic E-state index is 0.0253. The van der Waals surface area contributed by atoms with Gasteiger partial charge in [0.25, 0.3) is 0 Å². The molecule has 23 heavy (non-hydrogen) atoms. The fourth-order valence-corrected chi connectivity index (χ4v) is 4.35. The van der Waals surface area contributed by atoms with Crippen molar-refractivity contribution in [2.75, 3.05) is 5.32 Å². The van der Waals surface area contributed by atoms with Crippen molar-refractivity contribution in [2.24, 2.45) is 17.8 Å². The average molecular weight is 355 g/mol. The largest absolute Gasteiger partial charge is 0.345 e. The maximum atomic E-state index is 12.1. The fourth-order valence-electron chi connectivity index (χ4n) is 4.05. The second-order valence-electron chi connectivity index (χ2n) is 6.68. The predicted octanol–water partition coefficient (Wildman–Crippen LogP) is 3.87. The van der Waals surface area contributed by atoms with E-state index in [1.807, 2.05) is 6.92 Å². The van der Waals surface area contributed by atoms with Crippen LogP contribution in [0.1, 0.15) is 32.6 Å². The molecular weight excluding hydrogens is 335 g/mol. The third-order valence-electron chi connectivity index (χ3n) is 5.18. The van der Waals surface area contributed by atoms with Gasteiger partial charge in [-0.15, -0.1) is 0 Å². The molecule has 3 rings (SSSR count). The topological polar surface area (TPSA) is 58.2 Å². The first kappa shape index (κ1) is 16.6. The number of fused-ring (bicyclic) bond motifs is 2. The molecule has 4 unspecified atom stereocenters. The summed E-state index contributed by atoms with van der Waals surface area (Å²) in [4.78, 5) is 24.1. The number of carbonyl (C=O) groups is 2. The lowest BCUT2D eigenvalue weighted by Gasteiger charge is -2.28. The lowest BCUT2D eigenvalue weighted by molar-refractivity contribution is -0.136. The number of hydrogen-bond donors (Lipinski definition) is 2. The van der Waals surface area contributed by atoms with Crippen molar-refractivity contribution in [1.82, 2.24) is 5.32 Å². The van der Waals surface area contributed by atoms with Gasteiger partial charge in [0.2, 0.25) is 0 Å². The summed E-state index contributed by atoms with van der Waals surface area (Å²) in [6.45, 7) is 2.00. The van der Waals surface area contributed by atoms with Gasteiger partial charge in [0.15, 0.2) is 0 Å². The number of hydrogen-bond acceptors (Lipinski definition) is 2. The zero-order valence-corrected chi connectivity index (χ0v) is 14.5. The van der Waals surface area contributed by atoms with Crippen LogP contribution in [-0.2, 0) is 9.59 Å². The smallest absolute Gasteiger partial charge is 0.313 e. The Hall–Kier alpha value is -1.26. The maximum Gasteiger partial charge on any atom is 0.313 e. The lowest BCUT2D eigenvalue weighted by atomic mass is 9.84. The van der Waals surface area contributed by atoms with Crippen molar-refractivity contribution in [3.63, 3.8) is 0 Å². The van der Waals surface area contributed by atoms with Crippen LogP contribution in [0.4, 0.5) is 5.69 Å². The van der Waals surface area contributed by atoms with Gasteiger partial charge in [-0.25, -0.2) is 0 Å². The molecule has 0 spiro atoms. The predicted molar refractivity (Wildman–Crippen MR) is 91.6 cm³/mol. The first-order valence-electron chi connectivity index (χ1n) is 8.01. The molecule has 2 aliphatic carbocycles. The summed E-state index contributed by atoms with van der Waals surface area (Å²) in [7, 11) is 0. The number of carbonyl (C=O) groups excluding carboxylic acids is 2. The van der Waals surface area contributed by atoms with Gasteiger partial charge in [-0.3, -0.25) is 9.59 Å². The first-order valence-corrected chi connectivity index (χ1v) is 8.76. The molecule has 124 valence electrons. The molecule has 1 aromatic carbocycles. The molecule has 2 aliphatic rings. The normalized spacial score (nSPS) is 26.8. The molecule has 2 saturated carbocycles. The van der Waals surface area contributed by atoms with E-state index in [2.05, 4.69) is 10.6 Å². The Morgan fingerprint density at radius 1 is 1.13 bits per heavy atom. The van der Waals surface area contributed by atoms with Gasteiger partial charge in [0.1, 0.15) is 0 Å². The van der Waals surface area contributed by atoms with Crippen molar-refractivity contribution in [3.8, 4) is 0 Å². The molecule has 6 heteroatoms. The molecular formula is C17H20Cl2N2O2. The summed E-state index contributed by atoms with van der Waals surface area (Å²) in [6, 6.07) is 4.74. The fraction of sp³-hybridized carbons (Fsp3) is 0.529. The molecule has 4 atom stereocenters. The Bertz CT molecular complexity index is 635. The number of anilines is 1. The molecule has 0 aromatic heterocycles. The molecule has 2 fully saturated rings. The number of rotatable bonds is 3. The third-order valence-corrected chi connectivity index (χ3v) is 5.92. The van der Waals surface area contributed by atoms with Gasteiger partial charge < -0.3 is 10.6 Å². The number of nitrogens with one attached hydrogen (secondary N) is 2. The van der Waals surface area contributed by atoms with Gasteiger partial charge in [0.05, 0.1) is 10.0 Å². The van der Waals surface area contributed by atoms with Gasteiger partial charge in [-0.1, -0.05) is 29.6 Å².